The van der Waals surface area contributed by atoms with Gasteiger partial charge in [0.1, 0.15) is 6.10 Å². The standard InChI is InChI=1S/C48H96N2O5S/c1-6-9-12-15-18-27-35-44-54-47(51)39-30-23-19-25-32-41-50(43-34-36-45-56(53)49(4)5)42-33-26-20-24-31-40-48(52)55-46(37-28-21-16-13-10-7-2)38-29-22-17-14-11-8-3/h46H,6-45H2,1-5H3. The molecule has 0 saturated heterocycles. The van der Waals surface area contributed by atoms with Crippen molar-refractivity contribution in [2.75, 3.05) is 46.1 Å². The van der Waals surface area contributed by atoms with Crippen molar-refractivity contribution in [3.8, 4) is 0 Å². The third-order valence-electron chi connectivity index (χ3n) is 11.2. The van der Waals surface area contributed by atoms with Crippen molar-refractivity contribution in [1.29, 1.82) is 0 Å². The quantitative estimate of drug-likeness (QED) is 0.0450. The fourth-order valence-corrected chi connectivity index (χ4v) is 8.29. The summed E-state index contributed by atoms with van der Waals surface area (Å²) in [6, 6.07) is 0. The maximum Gasteiger partial charge on any atom is 0.306 e. The van der Waals surface area contributed by atoms with Crippen LogP contribution in [0.15, 0.2) is 0 Å². The van der Waals surface area contributed by atoms with Gasteiger partial charge in [-0.05, 0) is 104 Å². The number of carbonyl (C=O) groups is 2. The molecule has 0 rings (SSSR count). The van der Waals surface area contributed by atoms with E-state index in [4.69, 9.17) is 9.47 Å². The molecule has 0 aliphatic rings. The number of unbranched alkanes of at least 4 members (excludes halogenated alkanes) is 25. The molecule has 0 aliphatic carbocycles. The van der Waals surface area contributed by atoms with E-state index >= 15 is 0 Å². The summed E-state index contributed by atoms with van der Waals surface area (Å²) in [5.41, 5.74) is 0. The lowest BCUT2D eigenvalue weighted by molar-refractivity contribution is -0.150. The van der Waals surface area contributed by atoms with Crippen molar-refractivity contribution in [1.82, 2.24) is 9.21 Å². The van der Waals surface area contributed by atoms with Gasteiger partial charge in [-0.1, -0.05) is 162 Å². The molecule has 1 unspecified atom stereocenters. The Hall–Kier alpha value is -0.990. The molecule has 0 N–H and O–H groups in total. The number of esters is 2. The van der Waals surface area contributed by atoms with Crippen molar-refractivity contribution >= 4 is 22.9 Å². The second-order valence-electron chi connectivity index (χ2n) is 17.0. The topological polar surface area (TPSA) is 76.1 Å². The van der Waals surface area contributed by atoms with Gasteiger partial charge in [0.15, 0.2) is 0 Å². The predicted octanol–water partition coefficient (Wildman–Crippen LogP) is 13.7. The third-order valence-corrected chi connectivity index (χ3v) is 12.7. The van der Waals surface area contributed by atoms with Crippen LogP contribution < -0.4 is 0 Å². The van der Waals surface area contributed by atoms with E-state index in [0.29, 0.717) is 19.4 Å². The number of ether oxygens (including phenoxy) is 2. The highest BCUT2D eigenvalue weighted by Crippen LogP contribution is 2.19. The summed E-state index contributed by atoms with van der Waals surface area (Å²) in [6.45, 7) is 10.7. The molecule has 1 atom stereocenters. The van der Waals surface area contributed by atoms with Gasteiger partial charge in [0, 0.05) is 18.6 Å². The van der Waals surface area contributed by atoms with Gasteiger partial charge in [-0.3, -0.25) is 9.59 Å². The van der Waals surface area contributed by atoms with Crippen LogP contribution >= 0.6 is 0 Å². The van der Waals surface area contributed by atoms with E-state index in [2.05, 4.69) is 25.7 Å². The summed E-state index contributed by atoms with van der Waals surface area (Å²) in [5.74, 6) is 0.736. The second-order valence-corrected chi connectivity index (χ2v) is 18.8. The maximum atomic E-state index is 12.8. The van der Waals surface area contributed by atoms with Crippen molar-refractivity contribution in [2.24, 2.45) is 0 Å². The Kier molecular flexibility index (Phi) is 42.8. The largest absolute Gasteiger partial charge is 0.466 e. The molecule has 0 spiro atoms. The Bertz CT molecular complexity index is 857. The Morgan fingerprint density at radius 1 is 0.464 bits per heavy atom. The molecule has 0 amide bonds. The molecule has 0 radical (unpaired) electrons. The minimum absolute atomic E-state index is 0.0204. The number of carbonyl (C=O) groups excluding carboxylic acids is 2. The van der Waals surface area contributed by atoms with Crippen LogP contribution in [0.5, 0.6) is 0 Å². The van der Waals surface area contributed by atoms with Crippen molar-refractivity contribution < 1.29 is 23.3 Å². The predicted molar refractivity (Wildman–Crippen MR) is 243 cm³/mol. The molecule has 0 aromatic heterocycles. The molecule has 56 heavy (non-hydrogen) atoms. The van der Waals surface area contributed by atoms with Crippen LogP contribution in [0.4, 0.5) is 0 Å². The summed E-state index contributed by atoms with van der Waals surface area (Å²) in [5, 5.41) is 0. The van der Waals surface area contributed by atoms with Gasteiger partial charge in [0.05, 0.1) is 17.6 Å². The molecule has 0 aromatic rings. The van der Waals surface area contributed by atoms with Crippen LogP contribution in [-0.4, -0.2) is 77.5 Å². The van der Waals surface area contributed by atoms with Crippen molar-refractivity contribution in [3.63, 3.8) is 0 Å². The van der Waals surface area contributed by atoms with Gasteiger partial charge in [0.25, 0.3) is 0 Å². The summed E-state index contributed by atoms with van der Waals surface area (Å²) >= 11 is 0. The molecule has 0 bridgehead atoms. The first-order valence-electron chi connectivity index (χ1n) is 24.5. The monoisotopic (exact) mass is 813 g/mol. The van der Waals surface area contributed by atoms with Gasteiger partial charge in [-0.2, -0.15) is 0 Å². The highest BCUT2D eigenvalue weighted by Gasteiger charge is 2.14. The highest BCUT2D eigenvalue weighted by atomic mass is 32.2. The highest BCUT2D eigenvalue weighted by molar-refractivity contribution is 7.82. The van der Waals surface area contributed by atoms with Crippen LogP contribution in [0.1, 0.15) is 245 Å². The van der Waals surface area contributed by atoms with Crippen LogP contribution in [-0.2, 0) is 30.0 Å². The average Bonchev–Trinajstić information content (AvgIpc) is 3.18. The van der Waals surface area contributed by atoms with E-state index in [1.54, 1.807) is 4.31 Å². The fourth-order valence-electron chi connectivity index (χ4n) is 7.48. The minimum atomic E-state index is -0.881. The SMILES string of the molecule is CCCCCCCCCOC(=O)CCCCCCCN(CCCCCCCC(=O)OC(CCCCCCCC)CCCCCCCC)CCCCS(=O)N(C)C. The number of hydrogen-bond acceptors (Lipinski definition) is 6. The lowest BCUT2D eigenvalue weighted by atomic mass is 10.0. The Labute approximate surface area is 351 Å². The molecule has 0 aliphatic heterocycles. The Morgan fingerprint density at radius 2 is 0.839 bits per heavy atom. The number of nitrogens with zero attached hydrogens (tertiary/aromatic N) is 2. The Morgan fingerprint density at radius 3 is 1.30 bits per heavy atom. The summed E-state index contributed by atoms with van der Waals surface area (Å²) < 4.78 is 25.5. The van der Waals surface area contributed by atoms with E-state index in [1.165, 1.54) is 154 Å². The van der Waals surface area contributed by atoms with Crippen LogP contribution in [0.3, 0.4) is 0 Å². The van der Waals surface area contributed by atoms with Gasteiger partial charge >= 0.3 is 11.9 Å². The first-order chi connectivity index (χ1) is 27.3. The summed E-state index contributed by atoms with van der Waals surface area (Å²) in [6.07, 6.45) is 40.6. The Balaban J connectivity index is 4.35. The van der Waals surface area contributed by atoms with Gasteiger partial charge in [-0.15, -0.1) is 0 Å². The van der Waals surface area contributed by atoms with E-state index < -0.39 is 11.0 Å². The van der Waals surface area contributed by atoms with Gasteiger partial charge < -0.3 is 14.4 Å². The van der Waals surface area contributed by atoms with Crippen molar-refractivity contribution in [3.05, 3.63) is 0 Å². The zero-order chi connectivity index (χ0) is 41.2. The first-order valence-corrected chi connectivity index (χ1v) is 25.7. The second kappa shape index (κ2) is 43.6. The van der Waals surface area contributed by atoms with Gasteiger partial charge in [-0.25, -0.2) is 8.51 Å². The normalized spacial score (nSPS) is 12.3. The van der Waals surface area contributed by atoms with Crippen LogP contribution in [0, 0.1) is 0 Å². The van der Waals surface area contributed by atoms with E-state index in [1.807, 2.05) is 14.1 Å². The fraction of sp³-hybridized carbons (Fsp3) is 0.958. The molecule has 0 aromatic carbocycles. The van der Waals surface area contributed by atoms with Crippen LogP contribution in [0.2, 0.25) is 0 Å². The molecular weight excluding hydrogens is 717 g/mol. The average molecular weight is 813 g/mol. The zero-order valence-electron chi connectivity index (χ0n) is 38.2. The molecule has 0 fully saturated rings. The molecule has 0 heterocycles. The third kappa shape index (κ3) is 39.8. The molecule has 8 heteroatoms. The molecule has 7 nitrogen and oxygen atoms in total. The molecule has 334 valence electrons. The van der Waals surface area contributed by atoms with Crippen molar-refractivity contribution in [2.45, 2.75) is 252 Å². The first kappa shape index (κ1) is 55.0. The minimum Gasteiger partial charge on any atom is -0.466 e. The van der Waals surface area contributed by atoms with E-state index in [-0.39, 0.29) is 18.0 Å². The lowest BCUT2D eigenvalue weighted by Crippen LogP contribution is -2.28. The summed E-state index contributed by atoms with van der Waals surface area (Å²) in [4.78, 5) is 27.5. The zero-order valence-corrected chi connectivity index (χ0v) is 39.0. The van der Waals surface area contributed by atoms with E-state index in [9.17, 15) is 13.8 Å². The van der Waals surface area contributed by atoms with Crippen LogP contribution in [0.25, 0.3) is 0 Å². The van der Waals surface area contributed by atoms with E-state index in [0.717, 1.165) is 83.2 Å². The number of hydrogen-bond donors (Lipinski definition) is 0. The molecular formula is C48H96N2O5S. The maximum absolute atomic E-state index is 12.8. The van der Waals surface area contributed by atoms with Gasteiger partial charge in [0.2, 0.25) is 0 Å². The smallest absolute Gasteiger partial charge is 0.306 e. The molecule has 0 saturated carbocycles. The number of rotatable bonds is 45. The lowest BCUT2D eigenvalue weighted by Gasteiger charge is -2.22. The summed E-state index contributed by atoms with van der Waals surface area (Å²) in [7, 11) is 2.89.